The van der Waals surface area contributed by atoms with E-state index in [-0.39, 0.29) is 17.6 Å². The number of benzene rings is 2. The third-order valence-electron chi connectivity index (χ3n) is 5.55. The summed E-state index contributed by atoms with van der Waals surface area (Å²) in [4.78, 5) is 19.5. The predicted octanol–water partition coefficient (Wildman–Crippen LogP) is 4.97. The zero-order valence-corrected chi connectivity index (χ0v) is 17.9. The van der Waals surface area contributed by atoms with Crippen molar-refractivity contribution in [2.75, 3.05) is 13.1 Å². The molecular formula is C25H27FN2O3. The second-order valence-electron chi connectivity index (χ2n) is 8.48. The fraction of sp³-hybridized carbons (Fsp3) is 0.360. The second-order valence-corrected chi connectivity index (χ2v) is 8.48. The zero-order valence-electron chi connectivity index (χ0n) is 17.9. The third-order valence-corrected chi connectivity index (χ3v) is 5.55. The molecule has 3 aromatic rings. The minimum Gasteiger partial charge on any atom is -0.478 e. The van der Waals surface area contributed by atoms with Crippen LogP contribution in [0.25, 0.3) is 0 Å². The molecule has 1 saturated heterocycles. The van der Waals surface area contributed by atoms with Gasteiger partial charge >= 0.3 is 0 Å². The topological polar surface area (TPSA) is 55.6 Å². The van der Waals surface area contributed by atoms with Crippen molar-refractivity contribution >= 4 is 5.91 Å². The number of rotatable bonds is 6. The number of hydrogen-bond acceptors (Lipinski definition) is 4. The van der Waals surface area contributed by atoms with Crippen LogP contribution in [0, 0.1) is 5.82 Å². The van der Waals surface area contributed by atoms with E-state index in [1.54, 1.807) is 20.0 Å². The van der Waals surface area contributed by atoms with Gasteiger partial charge in [0.15, 0.2) is 11.5 Å². The monoisotopic (exact) mass is 422 g/mol. The molecule has 5 nitrogen and oxygen atoms in total. The molecule has 0 spiro atoms. The van der Waals surface area contributed by atoms with E-state index in [0.717, 1.165) is 18.6 Å². The largest absolute Gasteiger partial charge is 0.478 e. The fourth-order valence-electron chi connectivity index (χ4n) is 3.98. The number of likely N-dealkylation sites (tertiary alicyclic amines) is 1. The van der Waals surface area contributed by atoms with Gasteiger partial charge in [0.2, 0.25) is 0 Å². The first-order valence-corrected chi connectivity index (χ1v) is 10.6. The zero-order chi connectivity index (χ0) is 21.8. The first-order chi connectivity index (χ1) is 14.9. The first kappa shape index (κ1) is 21.1. The smallest absolute Gasteiger partial charge is 0.266 e. The first-order valence-electron chi connectivity index (χ1n) is 10.6. The van der Waals surface area contributed by atoms with Crippen LogP contribution in [0.3, 0.4) is 0 Å². The van der Waals surface area contributed by atoms with Crippen molar-refractivity contribution in [3.63, 3.8) is 0 Å². The van der Waals surface area contributed by atoms with Crippen molar-refractivity contribution in [1.82, 2.24) is 9.88 Å². The summed E-state index contributed by atoms with van der Waals surface area (Å²) in [6, 6.07) is 15.8. The summed E-state index contributed by atoms with van der Waals surface area (Å²) in [6.45, 7) is 4.69. The van der Waals surface area contributed by atoms with E-state index in [0.29, 0.717) is 31.2 Å². The van der Waals surface area contributed by atoms with Gasteiger partial charge in [-0.25, -0.2) is 9.37 Å². The number of hydrogen-bond donors (Lipinski definition) is 0. The van der Waals surface area contributed by atoms with Crippen LogP contribution in [0.5, 0.6) is 5.75 Å². The van der Waals surface area contributed by atoms with Crippen LogP contribution in [-0.2, 0) is 11.2 Å². The number of halogens is 1. The Morgan fingerprint density at radius 2 is 1.94 bits per heavy atom. The average molecular weight is 423 g/mol. The van der Waals surface area contributed by atoms with Crippen LogP contribution in [0.4, 0.5) is 4.39 Å². The highest BCUT2D eigenvalue weighted by Crippen LogP contribution is 2.29. The number of ether oxygens (including phenoxy) is 1. The Kier molecular flexibility index (Phi) is 6.07. The number of oxazole rings is 1. The van der Waals surface area contributed by atoms with Gasteiger partial charge in [-0.3, -0.25) is 4.79 Å². The fourth-order valence-corrected chi connectivity index (χ4v) is 3.98. The number of piperidine rings is 1. The molecule has 1 aliphatic heterocycles. The van der Waals surface area contributed by atoms with Crippen molar-refractivity contribution in [3.05, 3.63) is 83.8 Å². The molecule has 0 unspecified atom stereocenters. The molecule has 1 aromatic heterocycles. The lowest BCUT2D eigenvalue weighted by Gasteiger charge is -2.36. The Bertz CT molecular complexity index is 1010. The Hall–Kier alpha value is -3.15. The van der Waals surface area contributed by atoms with Crippen LogP contribution in [-0.4, -0.2) is 34.5 Å². The molecule has 4 rings (SSSR count). The molecule has 31 heavy (non-hydrogen) atoms. The maximum Gasteiger partial charge on any atom is 0.266 e. The lowest BCUT2D eigenvalue weighted by atomic mass is 9.96. The van der Waals surface area contributed by atoms with Gasteiger partial charge < -0.3 is 14.1 Å². The summed E-state index contributed by atoms with van der Waals surface area (Å²) in [5, 5.41) is 0. The van der Waals surface area contributed by atoms with E-state index in [2.05, 4.69) is 17.1 Å². The molecule has 1 fully saturated rings. The van der Waals surface area contributed by atoms with Gasteiger partial charge in [0.25, 0.3) is 5.91 Å². The van der Waals surface area contributed by atoms with Gasteiger partial charge in [-0.15, -0.1) is 0 Å². The van der Waals surface area contributed by atoms with Gasteiger partial charge in [0, 0.05) is 19.5 Å². The van der Waals surface area contributed by atoms with Crippen LogP contribution >= 0.6 is 0 Å². The van der Waals surface area contributed by atoms with Gasteiger partial charge in [0.1, 0.15) is 17.3 Å². The van der Waals surface area contributed by atoms with E-state index in [4.69, 9.17) is 9.15 Å². The number of amides is 1. The number of nitrogens with zero attached hydrogens (tertiary/aromatic N) is 2. The lowest BCUT2D eigenvalue weighted by Crippen LogP contribution is -2.51. The molecule has 0 radical (unpaired) electrons. The minimum atomic E-state index is -1.06. The van der Waals surface area contributed by atoms with E-state index in [1.165, 1.54) is 29.8 Å². The summed E-state index contributed by atoms with van der Waals surface area (Å²) in [5.74, 6) is 1.59. The summed E-state index contributed by atoms with van der Waals surface area (Å²) in [5.41, 5.74) is 0.111. The Morgan fingerprint density at radius 3 is 2.68 bits per heavy atom. The molecule has 0 N–H and O–H groups in total. The molecule has 0 bridgehead atoms. The van der Waals surface area contributed by atoms with Crippen LogP contribution in [0.15, 0.2) is 65.2 Å². The van der Waals surface area contributed by atoms with Gasteiger partial charge in [-0.1, -0.05) is 30.3 Å². The normalized spacial score (nSPS) is 16.9. The Balaban J connectivity index is 1.41. The van der Waals surface area contributed by atoms with Crippen molar-refractivity contribution in [1.29, 1.82) is 0 Å². The van der Waals surface area contributed by atoms with Gasteiger partial charge in [-0.05, 0) is 56.5 Å². The summed E-state index contributed by atoms with van der Waals surface area (Å²) in [6.07, 6.45) is 4.28. The van der Waals surface area contributed by atoms with Crippen molar-refractivity contribution in [2.24, 2.45) is 0 Å². The molecule has 162 valence electrons. The molecule has 1 aliphatic rings. The molecule has 2 heterocycles. The van der Waals surface area contributed by atoms with E-state index >= 15 is 0 Å². The second kappa shape index (κ2) is 8.92. The number of carbonyl (C=O) groups is 1. The summed E-state index contributed by atoms with van der Waals surface area (Å²) < 4.78 is 25.1. The molecule has 1 amide bonds. The quantitative estimate of drug-likeness (QED) is 0.563. The summed E-state index contributed by atoms with van der Waals surface area (Å²) >= 11 is 0. The molecule has 1 atom stereocenters. The van der Waals surface area contributed by atoms with Gasteiger partial charge in [0.05, 0.1) is 12.1 Å². The van der Waals surface area contributed by atoms with Crippen LogP contribution in [0.1, 0.15) is 49.8 Å². The maximum absolute atomic E-state index is 13.2. The van der Waals surface area contributed by atoms with Crippen molar-refractivity contribution in [2.45, 2.75) is 44.6 Å². The SMILES string of the molecule is CC(C)(Oc1ccc(F)cc1)C(=O)N1CCC[C@H](c2ncc(Cc3ccccc3)o2)C1. The Labute approximate surface area is 181 Å². The summed E-state index contributed by atoms with van der Waals surface area (Å²) in [7, 11) is 0. The molecular weight excluding hydrogens is 395 g/mol. The highest BCUT2D eigenvalue weighted by molar-refractivity contribution is 5.85. The van der Waals surface area contributed by atoms with Gasteiger partial charge in [-0.2, -0.15) is 0 Å². The standard InChI is InChI=1S/C25H27FN2O3/c1-25(2,31-21-12-10-20(26)11-13-21)24(29)28-14-6-9-19(17-28)23-27-16-22(30-23)15-18-7-4-3-5-8-18/h3-5,7-8,10-13,16,19H,6,9,14-15,17H2,1-2H3/t19-/m0/s1. The highest BCUT2D eigenvalue weighted by Gasteiger charge is 2.37. The maximum atomic E-state index is 13.2. The van der Waals surface area contributed by atoms with Crippen LogP contribution < -0.4 is 4.74 Å². The molecule has 2 aromatic carbocycles. The van der Waals surface area contributed by atoms with Crippen LogP contribution in [0.2, 0.25) is 0 Å². The highest BCUT2D eigenvalue weighted by atomic mass is 19.1. The molecule has 0 saturated carbocycles. The molecule has 6 heteroatoms. The predicted molar refractivity (Wildman–Crippen MR) is 115 cm³/mol. The van der Waals surface area contributed by atoms with E-state index in [9.17, 15) is 9.18 Å². The van der Waals surface area contributed by atoms with E-state index < -0.39 is 5.60 Å². The average Bonchev–Trinajstić information content (AvgIpc) is 3.24. The number of carbonyl (C=O) groups excluding carboxylic acids is 1. The third kappa shape index (κ3) is 5.13. The minimum absolute atomic E-state index is 0.0591. The van der Waals surface area contributed by atoms with Crippen molar-refractivity contribution < 1.29 is 18.3 Å². The number of aromatic nitrogens is 1. The Morgan fingerprint density at radius 1 is 1.19 bits per heavy atom. The lowest BCUT2D eigenvalue weighted by molar-refractivity contribution is -0.146. The van der Waals surface area contributed by atoms with Crippen molar-refractivity contribution in [3.8, 4) is 5.75 Å². The molecule has 0 aliphatic carbocycles. The van der Waals surface area contributed by atoms with E-state index in [1.807, 2.05) is 23.1 Å².